The molecule has 1 aliphatic heterocycles. The Morgan fingerprint density at radius 1 is 1.44 bits per heavy atom. The Bertz CT molecular complexity index is 432. The number of aryl methyl sites for hydroxylation is 1. The van der Waals surface area contributed by atoms with E-state index in [0.29, 0.717) is 0 Å². The van der Waals surface area contributed by atoms with Crippen LogP contribution in [0.5, 0.6) is 0 Å². The lowest BCUT2D eigenvalue weighted by Gasteiger charge is -2.11. The molecule has 4 heteroatoms. The Kier molecular flexibility index (Phi) is 4.33. The zero-order valence-corrected chi connectivity index (χ0v) is 11.0. The average Bonchev–Trinajstić information content (AvgIpc) is 2.68. The number of amides is 1. The number of benzene rings is 1. The van der Waals surface area contributed by atoms with E-state index in [0.717, 1.165) is 43.0 Å². The van der Waals surface area contributed by atoms with Gasteiger partial charge in [-0.05, 0) is 32.4 Å². The molecule has 1 amide bonds. The molecular formula is C14H20N2O2. The van der Waals surface area contributed by atoms with E-state index in [1.165, 1.54) is 0 Å². The van der Waals surface area contributed by atoms with Crippen LogP contribution in [-0.2, 0) is 9.53 Å². The highest BCUT2D eigenvalue weighted by molar-refractivity contribution is 6.03. The van der Waals surface area contributed by atoms with Crippen molar-refractivity contribution in [2.45, 2.75) is 26.3 Å². The molecule has 2 rings (SSSR count). The highest BCUT2D eigenvalue weighted by atomic mass is 16.5. The number of para-hydroxylation sites is 1. The lowest BCUT2D eigenvalue weighted by molar-refractivity contribution is -0.117. The zero-order valence-electron chi connectivity index (χ0n) is 11.0. The average molecular weight is 248 g/mol. The van der Waals surface area contributed by atoms with Gasteiger partial charge in [0, 0.05) is 24.5 Å². The van der Waals surface area contributed by atoms with Crippen molar-refractivity contribution in [2.24, 2.45) is 0 Å². The van der Waals surface area contributed by atoms with E-state index in [9.17, 15) is 4.79 Å². The maximum atomic E-state index is 11.9. The van der Waals surface area contributed by atoms with E-state index >= 15 is 0 Å². The molecule has 4 nitrogen and oxygen atoms in total. The molecule has 0 fully saturated rings. The quantitative estimate of drug-likeness (QED) is 0.757. The number of ether oxygens (including phenoxy) is 1. The van der Waals surface area contributed by atoms with Crippen LogP contribution in [0, 0.1) is 6.92 Å². The first kappa shape index (κ1) is 13.1. The highest BCUT2D eigenvalue weighted by Gasteiger charge is 2.30. The van der Waals surface area contributed by atoms with Crippen LogP contribution >= 0.6 is 0 Å². The van der Waals surface area contributed by atoms with Crippen molar-refractivity contribution in [3.8, 4) is 0 Å². The third-order valence-electron chi connectivity index (χ3n) is 3.14. The Morgan fingerprint density at radius 2 is 2.28 bits per heavy atom. The summed E-state index contributed by atoms with van der Waals surface area (Å²) in [5, 5.41) is 6.22. The van der Waals surface area contributed by atoms with Crippen LogP contribution in [0.3, 0.4) is 0 Å². The number of fused-ring (bicyclic) bond motifs is 1. The molecular weight excluding hydrogens is 228 g/mol. The second-order valence-electron chi connectivity index (χ2n) is 4.47. The first-order valence-corrected chi connectivity index (χ1v) is 6.45. The molecule has 0 aromatic heterocycles. The molecule has 1 aromatic carbocycles. The fourth-order valence-electron chi connectivity index (χ4n) is 2.21. The Labute approximate surface area is 108 Å². The second kappa shape index (κ2) is 5.98. The van der Waals surface area contributed by atoms with Gasteiger partial charge in [0.05, 0.1) is 0 Å². The number of carbonyl (C=O) groups is 1. The van der Waals surface area contributed by atoms with E-state index in [1.807, 2.05) is 32.0 Å². The van der Waals surface area contributed by atoms with Gasteiger partial charge in [-0.15, -0.1) is 0 Å². The Balaban J connectivity index is 1.94. The van der Waals surface area contributed by atoms with Gasteiger partial charge < -0.3 is 15.4 Å². The van der Waals surface area contributed by atoms with Crippen molar-refractivity contribution in [3.63, 3.8) is 0 Å². The minimum absolute atomic E-state index is 0.0377. The number of carbonyl (C=O) groups excluding carboxylic acids is 1. The molecule has 0 saturated carbocycles. The van der Waals surface area contributed by atoms with Crippen molar-refractivity contribution < 1.29 is 9.53 Å². The van der Waals surface area contributed by atoms with Crippen LogP contribution in [0.2, 0.25) is 0 Å². The Morgan fingerprint density at radius 3 is 3.06 bits per heavy atom. The molecule has 1 unspecified atom stereocenters. The largest absolute Gasteiger partial charge is 0.382 e. The van der Waals surface area contributed by atoms with Gasteiger partial charge in [0.1, 0.15) is 6.04 Å². The summed E-state index contributed by atoms with van der Waals surface area (Å²) in [5.41, 5.74) is 3.13. The normalized spacial score (nSPS) is 17.7. The summed E-state index contributed by atoms with van der Waals surface area (Å²) in [5.74, 6) is 0.0377. The molecule has 98 valence electrons. The molecule has 18 heavy (non-hydrogen) atoms. The van der Waals surface area contributed by atoms with Crippen molar-refractivity contribution in [1.82, 2.24) is 5.32 Å². The first-order chi connectivity index (χ1) is 8.74. The second-order valence-corrected chi connectivity index (χ2v) is 4.47. The summed E-state index contributed by atoms with van der Waals surface area (Å²) in [6, 6.07) is 5.78. The predicted molar refractivity (Wildman–Crippen MR) is 71.7 cm³/mol. The molecule has 0 spiro atoms. The van der Waals surface area contributed by atoms with Gasteiger partial charge in [0.2, 0.25) is 5.91 Å². The molecule has 0 aliphatic carbocycles. The van der Waals surface area contributed by atoms with Crippen LogP contribution in [0.15, 0.2) is 18.2 Å². The van der Waals surface area contributed by atoms with Crippen LogP contribution < -0.4 is 10.6 Å². The number of hydrogen-bond acceptors (Lipinski definition) is 3. The van der Waals surface area contributed by atoms with E-state index in [4.69, 9.17) is 4.74 Å². The Hall–Kier alpha value is -1.39. The van der Waals surface area contributed by atoms with Crippen molar-refractivity contribution in [2.75, 3.05) is 25.1 Å². The van der Waals surface area contributed by atoms with Crippen molar-refractivity contribution in [3.05, 3.63) is 29.3 Å². The van der Waals surface area contributed by atoms with Crippen molar-refractivity contribution >= 4 is 11.6 Å². The molecule has 0 radical (unpaired) electrons. The molecule has 0 bridgehead atoms. The van der Waals surface area contributed by atoms with Crippen LogP contribution in [0.1, 0.15) is 30.5 Å². The maximum Gasteiger partial charge on any atom is 0.246 e. The first-order valence-electron chi connectivity index (χ1n) is 6.45. The molecule has 1 atom stereocenters. The fourth-order valence-corrected chi connectivity index (χ4v) is 2.21. The fraction of sp³-hybridized carbons (Fsp3) is 0.500. The zero-order chi connectivity index (χ0) is 13.0. The molecule has 1 aliphatic rings. The van der Waals surface area contributed by atoms with E-state index in [1.54, 1.807) is 0 Å². The number of hydrogen-bond donors (Lipinski definition) is 2. The smallest absolute Gasteiger partial charge is 0.246 e. The highest BCUT2D eigenvalue weighted by Crippen LogP contribution is 2.32. The summed E-state index contributed by atoms with van der Waals surface area (Å²) in [4.78, 5) is 11.9. The molecule has 1 aromatic rings. The van der Waals surface area contributed by atoms with Gasteiger partial charge in [0.15, 0.2) is 0 Å². The molecule has 2 N–H and O–H groups in total. The number of anilines is 1. The minimum Gasteiger partial charge on any atom is -0.382 e. The van der Waals surface area contributed by atoms with Crippen LogP contribution in [0.4, 0.5) is 5.69 Å². The van der Waals surface area contributed by atoms with Gasteiger partial charge in [-0.1, -0.05) is 18.2 Å². The topological polar surface area (TPSA) is 50.4 Å². The summed E-state index contributed by atoms with van der Waals surface area (Å²) >= 11 is 0. The molecule has 0 saturated heterocycles. The van der Waals surface area contributed by atoms with E-state index < -0.39 is 0 Å². The summed E-state index contributed by atoms with van der Waals surface area (Å²) in [6.45, 7) is 6.25. The number of nitrogens with one attached hydrogen (secondary N) is 2. The van der Waals surface area contributed by atoms with Crippen molar-refractivity contribution in [1.29, 1.82) is 0 Å². The van der Waals surface area contributed by atoms with Gasteiger partial charge in [-0.3, -0.25) is 4.79 Å². The SMILES string of the molecule is CCOCCCNC1C(=O)Nc2c(C)cccc21. The third kappa shape index (κ3) is 2.71. The van der Waals surface area contributed by atoms with Gasteiger partial charge in [0.25, 0.3) is 0 Å². The van der Waals surface area contributed by atoms with Crippen LogP contribution in [-0.4, -0.2) is 25.7 Å². The minimum atomic E-state index is -0.221. The monoisotopic (exact) mass is 248 g/mol. The maximum absolute atomic E-state index is 11.9. The predicted octanol–water partition coefficient (Wildman–Crippen LogP) is 2.00. The summed E-state index contributed by atoms with van der Waals surface area (Å²) in [6.07, 6.45) is 0.915. The lowest BCUT2D eigenvalue weighted by atomic mass is 10.1. The standard InChI is InChI=1S/C14H20N2O2/c1-3-18-9-5-8-15-13-11-7-4-6-10(2)12(11)16-14(13)17/h4,6-7,13,15H,3,5,8-9H2,1-2H3,(H,16,17). The van der Waals surface area contributed by atoms with E-state index in [2.05, 4.69) is 10.6 Å². The van der Waals surface area contributed by atoms with Gasteiger partial charge in [-0.2, -0.15) is 0 Å². The summed E-state index contributed by atoms with van der Waals surface area (Å²) < 4.78 is 5.27. The van der Waals surface area contributed by atoms with Crippen LogP contribution in [0.25, 0.3) is 0 Å². The number of rotatable bonds is 6. The molecule has 1 heterocycles. The summed E-state index contributed by atoms with van der Waals surface area (Å²) in [7, 11) is 0. The van der Waals surface area contributed by atoms with Gasteiger partial charge in [-0.25, -0.2) is 0 Å². The van der Waals surface area contributed by atoms with Gasteiger partial charge >= 0.3 is 0 Å². The lowest BCUT2D eigenvalue weighted by Crippen LogP contribution is -2.28. The third-order valence-corrected chi connectivity index (χ3v) is 3.14. The van der Waals surface area contributed by atoms with E-state index in [-0.39, 0.29) is 11.9 Å².